The molecule has 11 aromatic rings. The summed E-state index contributed by atoms with van der Waals surface area (Å²) in [7, 11) is 0. The number of aromatic nitrogens is 2. The van der Waals surface area contributed by atoms with Gasteiger partial charge in [0.1, 0.15) is 0 Å². The molecule has 0 fully saturated rings. The van der Waals surface area contributed by atoms with Gasteiger partial charge in [-0.3, -0.25) is 0 Å². The third-order valence-electron chi connectivity index (χ3n) is 12.0. The maximum Gasteiger partial charge on any atom is 0.248 e. The van der Waals surface area contributed by atoms with Crippen molar-refractivity contribution < 1.29 is 4.42 Å². The first kappa shape index (κ1) is 42.2. The van der Waals surface area contributed by atoms with E-state index in [9.17, 15) is 0 Å². The standard InChI is InChI=1S/C62H46N6O/c1-7-19-49(20-8-1)65(50-21-9-2-10-22-50)55-35-31-47(32-36-55)61-63-64-62(69-61)48-33-37-56(38-34-48)68(59-43-39-57(40-44-59)66(51-23-11-3-12-24-51)52-25-13-4-14-26-52)60-45-41-58(42-46-60)67(53-27-15-5-16-28-53)54-29-17-6-18-30-54/h1-46H. The fourth-order valence-corrected chi connectivity index (χ4v) is 8.72. The summed E-state index contributed by atoms with van der Waals surface area (Å²) in [5.74, 6) is 0.897. The second kappa shape index (κ2) is 19.6. The van der Waals surface area contributed by atoms with Crippen molar-refractivity contribution in [2.75, 3.05) is 19.6 Å². The topological polar surface area (TPSA) is 51.9 Å². The van der Waals surface area contributed by atoms with E-state index in [0.717, 1.165) is 79.4 Å². The Bertz CT molecular complexity index is 3090. The van der Waals surface area contributed by atoms with Gasteiger partial charge in [-0.25, -0.2) is 0 Å². The van der Waals surface area contributed by atoms with E-state index in [0.29, 0.717) is 11.8 Å². The Morgan fingerprint density at radius 1 is 0.188 bits per heavy atom. The summed E-state index contributed by atoms with van der Waals surface area (Å²) < 4.78 is 6.35. The van der Waals surface area contributed by atoms with Crippen LogP contribution < -0.4 is 19.6 Å². The highest BCUT2D eigenvalue weighted by Crippen LogP contribution is 2.42. The van der Waals surface area contributed by atoms with E-state index in [1.54, 1.807) is 0 Å². The van der Waals surface area contributed by atoms with Crippen LogP contribution in [-0.4, -0.2) is 10.2 Å². The smallest absolute Gasteiger partial charge is 0.248 e. The molecule has 0 aliphatic carbocycles. The zero-order valence-corrected chi connectivity index (χ0v) is 37.6. The van der Waals surface area contributed by atoms with Crippen LogP contribution in [-0.2, 0) is 0 Å². The first-order chi connectivity index (χ1) is 34.2. The van der Waals surface area contributed by atoms with Gasteiger partial charge in [0, 0.05) is 79.4 Å². The molecule has 0 unspecified atom stereocenters. The Labute approximate surface area is 402 Å². The van der Waals surface area contributed by atoms with Crippen LogP contribution in [0.1, 0.15) is 0 Å². The molecule has 7 heteroatoms. The third-order valence-corrected chi connectivity index (χ3v) is 12.0. The van der Waals surface area contributed by atoms with Gasteiger partial charge in [-0.15, -0.1) is 10.2 Å². The van der Waals surface area contributed by atoms with Crippen LogP contribution in [0.4, 0.5) is 68.2 Å². The fourth-order valence-electron chi connectivity index (χ4n) is 8.72. The average Bonchev–Trinajstić information content (AvgIpc) is 3.93. The van der Waals surface area contributed by atoms with Gasteiger partial charge in [0.25, 0.3) is 0 Å². The molecule has 69 heavy (non-hydrogen) atoms. The lowest BCUT2D eigenvalue weighted by molar-refractivity contribution is 0.584. The van der Waals surface area contributed by atoms with Crippen LogP contribution in [0.5, 0.6) is 0 Å². The Balaban J connectivity index is 0.916. The normalized spacial score (nSPS) is 10.9. The van der Waals surface area contributed by atoms with Crippen molar-refractivity contribution in [1.29, 1.82) is 0 Å². The third kappa shape index (κ3) is 9.08. The Hall–Kier alpha value is -9.46. The second-order valence-electron chi connectivity index (χ2n) is 16.4. The molecular formula is C62H46N6O. The van der Waals surface area contributed by atoms with E-state index in [-0.39, 0.29) is 0 Å². The van der Waals surface area contributed by atoms with Crippen molar-refractivity contribution in [2.45, 2.75) is 0 Å². The molecule has 10 aromatic carbocycles. The lowest BCUT2D eigenvalue weighted by atomic mass is 10.1. The lowest BCUT2D eigenvalue weighted by Gasteiger charge is -2.29. The SMILES string of the molecule is c1ccc(N(c2ccccc2)c2ccc(-c3nnc(-c4ccc(N(c5ccc(N(c6ccccc6)c6ccccc6)cc5)c5ccc(N(c6ccccc6)c6ccccc6)cc5)cc4)o3)cc2)cc1. The molecule has 0 bridgehead atoms. The molecule has 1 aromatic heterocycles. The lowest BCUT2D eigenvalue weighted by Crippen LogP contribution is -2.13. The quantitative estimate of drug-likeness (QED) is 0.108. The maximum absolute atomic E-state index is 6.35. The number of benzene rings is 10. The van der Waals surface area contributed by atoms with Crippen LogP contribution in [0.2, 0.25) is 0 Å². The van der Waals surface area contributed by atoms with Gasteiger partial charge in [-0.05, 0) is 170 Å². The molecule has 0 amide bonds. The molecular weight excluding hydrogens is 845 g/mol. The summed E-state index contributed by atoms with van der Waals surface area (Å²) in [5.41, 5.74) is 14.2. The minimum atomic E-state index is 0.444. The highest BCUT2D eigenvalue weighted by atomic mass is 16.4. The number of rotatable bonds is 14. The molecule has 7 nitrogen and oxygen atoms in total. The second-order valence-corrected chi connectivity index (χ2v) is 16.4. The van der Waals surface area contributed by atoms with Gasteiger partial charge in [-0.1, -0.05) is 109 Å². The van der Waals surface area contributed by atoms with Crippen molar-refractivity contribution in [3.63, 3.8) is 0 Å². The van der Waals surface area contributed by atoms with Crippen molar-refractivity contribution in [1.82, 2.24) is 10.2 Å². The molecule has 0 radical (unpaired) electrons. The molecule has 330 valence electrons. The van der Waals surface area contributed by atoms with Crippen LogP contribution >= 0.6 is 0 Å². The van der Waals surface area contributed by atoms with Gasteiger partial charge in [0.05, 0.1) is 0 Å². The molecule has 0 aliphatic heterocycles. The zero-order valence-electron chi connectivity index (χ0n) is 37.6. The van der Waals surface area contributed by atoms with Gasteiger partial charge in [0.15, 0.2) is 0 Å². The molecule has 0 aliphatic rings. The first-order valence-electron chi connectivity index (χ1n) is 23.0. The first-order valence-corrected chi connectivity index (χ1v) is 23.0. The Kier molecular flexibility index (Phi) is 12.0. The highest BCUT2D eigenvalue weighted by Gasteiger charge is 2.20. The summed E-state index contributed by atoms with van der Waals surface area (Å²) in [5, 5.41) is 9.00. The summed E-state index contributed by atoms with van der Waals surface area (Å²) >= 11 is 0. The minimum absolute atomic E-state index is 0.444. The average molecular weight is 891 g/mol. The fraction of sp³-hybridized carbons (Fsp3) is 0. The minimum Gasteiger partial charge on any atom is -0.416 e. The number of anilines is 12. The number of hydrogen-bond acceptors (Lipinski definition) is 7. The highest BCUT2D eigenvalue weighted by molar-refractivity contribution is 5.84. The molecule has 0 N–H and O–H groups in total. The molecule has 0 saturated heterocycles. The summed E-state index contributed by atoms with van der Waals surface area (Å²) in [6, 6.07) is 96.6. The summed E-state index contributed by atoms with van der Waals surface area (Å²) in [4.78, 5) is 9.05. The Morgan fingerprint density at radius 3 is 0.536 bits per heavy atom. The van der Waals surface area contributed by atoms with Gasteiger partial charge in [0.2, 0.25) is 11.8 Å². The summed E-state index contributed by atoms with van der Waals surface area (Å²) in [6.45, 7) is 0. The van der Waals surface area contributed by atoms with E-state index in [2.05, 4.69) is 248 Å². The maximum atomic E-state index is 6.35. The predicted molar refractivity (Wildman–Crippen MR) is 284 cm³/mol. The van der Waals surface area contributed by atoms with Gasteiger partial charge in [-0.2, -0.15) is 0 Å². The Morgan fingerprint density at radius 2 is 0.348 bits per heavy atom. The van der Waals surface area contributed by atoms with Crippen molar-refractivity contribution in [3.8, 4) is 22.9 Å². The van der Waals surface area contributed by atoms with Crippen molar-refractivity contribution in [2.24, 2.45) is 0 Å². The van der Waals surface area contributed by atoms with Crippen LogP contribution in [0.3, 0.4) is 0 Å². The number of hydrogen-bond donors (Lipinski definition) is 0. The van der Waals surface area contributed by atoms with E-state index in [1.165, 1.54) is 0 Å². The van der Waals surface area contributed by atoms with Crippen LogP contribution in [0.15, 0.2) is 283 Å². The number of nitrogens with zero attached hydrogens (tertiary/aromatic N) is 6. The van der Waals surface area contributed by atoms with Crippen LogP contribution in [0, 0.1) is 0 Å². The van der Waals surface area contributed by atoms with E-state index in [1.807, 2.05) is 60.7 Å². The van der Waals surface area contributed by atoms with E-state index in [4.69, 9.17) is 4.42 Å². The van der Waals surface area contributed by atoms with Crippen LogP contribution in [0.25, 0.3) is 22.9 Å². The van der Waals surface area contributed by atoms with Crippen molar-refractivity contribution >= 4 is 68.2 Å². The largest absolute Gasteiger partial charge is 0.416 e. The predicted octanol–water partition coefficient (Wildman–Crippen LogP) is 17.3. The molecule has 0 atom stereocenters. The monoisotopic (exact) mass is 890 g/mol. The van der Waals surface area contributed by atoms with E-state index >= 15 is 0 Å². The zero-order chi connectivity index (χ0) is 46.2. The van der Waals surface area contributed by atoms with Gasteiger partial charge < -0.3 is 24.0 Å². The van der Waals surface area contributed by atoms with Gasteiger partial charge >= 0.3 is 0 Å². The summed E-state index contributed by atoms with van der Waals surface area (Å²) in [6.07, 6.45) is 0. The van der Waals surface area contributed by atoms with Crippen molar-refractivity contribution in [3.05, 3.63) is 279 Å². The molecule has 1 heterocycles. The number of para-hydroxylation sites is 6. The molecule has 0 saturated carbocycles. The van der Waals surface area contributed by atoms with E-state index < -0.39 is 0 Å². The molecule has 11 rings (SSSR count). The molecule has 0 spiro atoms.